The molecule has 0 saturated heterocycles. The molecule has 1 saturated carbocycles. The highest BCUT2D eigenvalue weighted by Gasteiger charge is 2.34. The van der Waals surface area contributed by atoms with E-state index in [9.17, 15) is 4.79 Å². The zero-order valence-electron chi connectivity index (χ0n) is 16.7. The Balaban J connectivity index is 1.73. The van der Waals surface area contributed by atoms with Gasteiger partial charge in [-0.05, 0) is 43.9 Å². The highest BCUT2D eigenvalue weighted by atomic mass is 32.1. The molecular formula is C21H28N2O4S. The summed E-state index contributed by atoms with van der Waals surface area (Å²) in [5.41, 5.74) is 1.66. The van der Waals surface area contributed by atoms with Crippen LogP contribution in [0.2, 0.25) is 0 Å². The summed E-state index contributed by atoms with van der Waals surface area (Å²) in [4.78, 5) is 19.0. The van der Waals surface area contributed by atoms with E-state index in [2.05, 4.69) is 18.8 Å². The summed E-state index contributed by atoms with van der Waals surface area (Å²) in [7, 11) is 1.61. The molecule has 0 radical (unpaired) electrons. The molecule has 0 aliphatic heterocycles. The predicted octanol–water partition coefficient (Wildman–Crippen LogP) is 3.76. The maximum Gasteiger partial charge on any atom is 0.226 e. The Labute approximate surface area is 170 Å². The molecule has 6 nitrogen and oxygen atoms in total. The number of aliphatic hydroxyl groups excluding tert-OH is 1. The fraction of sp³-hybridized carbons (Fsp3) is 0.524. The van der Waals surface area contributed by atoms with Crippen molar-refractivity contribution in [2.45, 2.75) is 58.9 Å². The fourth-order valence-corrected chi connectivity index (χ4v) is 3.69. The minimum absolute atomic E-state index is 0.0736. The SMILES string of the molecule is CCC(C)N(Cc1ccc(OC)c(OCc2nc(CO)cs2)c1)C(=O)C1CC1. The Kier molecular flexibility index (Phi) is 6.91. The van der Waals surface area contributed by atoms with Crippen molar-refractivity contribution >= 4 is 17.2 Å². The van der Waals surface area contributed by atoms with Gasteiger partial charge in [-0.3, -0.25) is 4.79 Å². The Hall–Kier alpha value is -2.12. The molecule has 1 aromatic heterocycles. The largest absolute Gasteiger partial charge is 0.493 e. The van der Waals surface area contributed by atoms with Gasteiger partial charge in [-0.25, -0.2) is 4.98 Å². The Morgan fingerprint density at radius 3 is 2.79 bits per heavy atom. The lowest BCUT2D eigenvalue weighted by molar-refractivity contribution is -0.135. The van der Waals surface area contributed by atoms with Crippen LogP contribution in [0.4, 0.5) is 0 Å². The number of hydrogen-bond donors (Lipinski definition) is 1. The van der Waals surface area contributed by atoms with Gasteiger partial charge in [0.25, 0.3) is 0 Å². The predicted molar refractivity (Wildman–Crippen MR) is 108 cm³/mol. The number of hydrogen-bond acceptors (Lipinski definition) is 6. The van der Waals surface area contributed by atoms with E-state index in [0.29, 0.717) is 30.3 Å². The number of ether oxygens (including phenoxy) is 2. The van der Waals surface area contributed by atoms with Gasteiger partial charge in [0.1, 0.15) is 11.6 Å². The van der Waals surface area contributed by atoms with Crippen LogP contribution in [-0.2, 0) is 24.6 Å². The van der Waals surface area contributed by atoms with Crippen LogP contribution < -0.4 is 9.47 Å². The zero-order chi connectivity index (χ0) is 20.1. The maximum absolute atomic E-state index is 12.7. The lowest BCUT2D eigenvalue weighted by Crippen LogP contribution is -2.38. The molecule has 1 N–H and O–H groups in total. The normalized spacial score (nSPS) is 14.6. The highest BCUT2D eigenvalue weighted by molar-refractivity contribution is 7.09. The maximum atomic E-state index is 12.7. The van der Waals surface area contributed by atoms with Crippen molar-refractivity contribution in [2.75, 3.05) is 7.11 Å². The Morgan fingerprint density at radius 2 is 2.18 bits per heavy atom. The number of methoxy groups -OCH3 is 1. The summed E-state index contributed by atoms with van der Waals surface area (Å²) >= 11 is 1.45. The minimum Gasteiger partial charge on any atom is -0.493 e. The first-order valence-corrected chi connectivity index (χ1v) is 10.6. The molecule has 1 amide bonds. The Bertz CT molecular complexity index is 803. The van der Waals surface area contributed by atoms with Gasteiger partial charge in [-0.2, -0.15) is 0 Å². The van der Waals surface area contributed by atoms with Crippen molar-refractivity contribution in [1.29, 1.82) is 0 Å². The van der Waals surface area contributed by atoms with Gasteiger partial charge < -0.3 is 19.5 Å². The van der Waals surface area contributed by atoms with Crippen LogP contribution in [0.5, 0.6) is 11.5 Å². The lowest BCUT2D eigenvalue weighted by atomic mass is 10.1. The van der Waals surface area contributed by atoms with Crippen molar-refractivity contribution in [2.24, 2.45) is 5.92 Å². The first-order chi connectivity index (χ1) is 13.5. The molecule has 28 heavy (non-hydrogen) atoms. The van der Waals surface area contributed by atoms with E-state index in [-0.39, 0.29) is 24.5 Å². The van der Waals surface area contributed by atoms with Crippen molar-refractivity contribution < 1.29 is 19.4 Å². The second-order valence-electron chi connectivity index (χ2n) is 7.16. The summed E-state index contributed by atoms with van der Waals surface area (Å²) in [5.74, 6) is 1.73. The zero-order valence-corrected chi connectivity index (χ0v) is 17.5. The third kappa shape index (κ3) is 5.02. The van der Waals surface area contributed by atoms with Gasteiger partial charge in [0, 0.05) is 23.9 Å². The third-order valence-electron chi connectivity index (χ3n) is 5.03. The summed E-state index contributed by atoms with van der Waals surface area (Å²) in [6.45, 7) is 5.00. The second-order valence-corrected chi connectivity index (χ2v) is 8.10. The van der Waals surface area contributed by atoms with Crippen LogP contribution in [0.25, 0.3) is 0 Å². The number of nitrogens with zero attached hydrogens (tertiary/aromatic N) is 2. The monoisotopic (exact) mass is 404 g/mol. The summed E-state index contributed by atoms with van der Waals surface area (Å²) in [6, 6.07) is 6.00. The number of rotatable bonds is 10. The van der Waals surface area contributed by atoms with Crippen LogP contribution in [0.15, 0.2) is 23.6 Å². The molecule has 0 bridgehead atoms. The first kappa shape index (κ1) is 20.6. The van der Waals surface area contributed by atoms with Gasteiger partial charge in [0.2, 0.25) is 5.91 Å². The number of benzene rings is 1. The van der Waals surface area contributed by atoms with Crippen molar-refractivity contribution in [3.05, 3.63) is 39.8 Å². The van der Waals surface area contributed by atoms with E-state index in [4.69, 9.17) is 14.6 Å². The number of carbonyl (C=O) groups is 1. The molecule has 7 heteroatoms. The van der Waals surface area contributed by atoms with Gasteiger partial charge in [0.05, 0.1) is 19.4 Å². The van der Waals surface area contributed by atoms with Gasteiger partial charge >= 0.3 is 0 Å². The number of aromatic nitrogens is 1. The van der Waals surface area contributed by atoms with Crippen LogP contribution in [-0.4, -0.2) is 34.0 Å². The Morgan fingerprint density at radius 1 is 1.39 bits per heavy atom. The summed E-state index contributed by atoms with van der Waals surface area (Å²) in [6.07, 6.45) is 2.94. The molecule has 1 aliphatic carbocycles. The van der Waals surface area contributed by atoms with Crippen molar-refractivity contribution in [3.8, 4) is 11.5 Å². The first-order valence-electron chi connectivity index (χ1n) is 9.70. The average molecular weight is 405 g/mol. The minimum atomic E-state index is -0.0736. The van der Waals surface area contributed by atoms with E-state index >= 15 is 0 Å². The van der Waals surface area contributed by atoms with Crippen molar-refractivity contribution in [3.63, 3.8) is 0 Å². The molecule has 3 rings (SSSR count). The number of carbonyl (C=O) groups excluding carboxylic acids is 1. The number of amides is 1. The molecule has 2 aromatic rings. The van der Waals surface area contributed by atoms with E-state index < -0.39 is 0 Å². The van der Waals surface area contributed by atoms with Gasteiger partial charge in [-0.1, -0.05) is 13.0 Å². The molecular weight excluding hydrogens is 376 g/mol. The highest BCUT2D eigenvalue weighted by Crippen LogP contribution is 2.34. The van der Waals surface area contributed by atoms with E-state index in [1.165, 1.54) is 11.3 Å². The van der Waals surface area contributed by atoms with E-state index in [0.717, 1.165) is 29.8 Å². The van der Waals surface area contributed by atoms with Gasteiger partial charge in [0.15, 0.2) is 11.5 Å². The summed E-state index contributed by atoms with van der Waals surface area (Å²) < 4.78 is 11.4. The third-order valence-corrected chi connectivity index (χ3v) is 5.90. The second kappa shape index (κ2) is 9.39. The van der Waals surface area contributed by atoms with E-state index in [1.54, 1.807) is 7.11 Å². The van der Waals surface area contributed by atoms with Crippen LogP contribution >= 0.6 is 11.3 Å². The number of thiazole rings is 1. The molecule has 1 aromatic carbocycles. The fourth-order valence-electron chi connectivity index (χ4n) is 2.99. The standard InChI is InChI=1S/C21H28N2O4S/c1-4-14(2)23(21(25)16-6-7-16)10-15-5-8-18(26-3)19(9-15)27-12-20-22-17(11-24)13-28-20/h5,8-9,13-14,16,24H,4,6-7,10-12H2,1-3H3. The molecule has 152 valence electrons. The van der Waals surface area contributed by atoms with Crippen LogP contribution in [0, 0.1) is 5.92 Å². The molecule has 1 unspecified atom stereocenters. The van der Waals surface area contributed by atoms with E-state index in [1.807, 2.05) is 28.5 Å². The molecule has 0 spiro atoms. The smallest absolute Gasteiger partial charge is 0.226 e. The lowest BCUT2D eigenvalue weighted by Gasteiger charge is -2.29. The van der Waals surface area contributed by atoms with Crippen LogP contribution in [0.3, 0.4) is 0 Å². The quantitative estimate of drug-likeness (QED) is 0.653. The molecule has 1 atom stereocenters. The molecule has 1 aliphatic rings. The van der Waals surface area contributed by atoms with Crippen molar-refractivity contribution in [1.82, 2.24) is 9.88 Å². The molecule has 1 fully saturated rings. The van der Waals surface area contributed by atoms with Gasteiger partial charge in [-0.15, -0.1) is 11.3 Å². The number of aliphatic hydroxyl groups is 1. The topological polar surface area (TPSA) is 71.9 Å². The summed E-state index contributed by atoms with van der Waals surface area (Å²) in [5, 5.41) is 11.8. The van der Waals surface area contributed by atoms with Crippen LogP contribution in [0.1, 0.15) is 49.4 Å². The molecule has 1 heterocycles. The average Bonchev–Trinajstić information content (AvgIpc) is 3.47.